The van der Waals surface area contributed by atoms with E-state index in [0.717, 1.165) is 42.1 Å². The Hall–Kier alpha value is -0.960. The van der Waals surface area contributed by atoms with E-state index in [9.17, 15) is 13.2 Å². The Labute approximate surface area is 152 Å². The van der Waals surface area contributed by atoms with Crippen molar-refractivity contribution in [1.29, 1.82) is 0 Å². The summed E-state index contributed by atoms with van der Waals surface area (Å²) in [5.41, 5.74) is 0.801. The van der Waals surface area contributed by atoms with Crippen LogP contribution in [0.1, 0.15) is 45.8 Å². The third kappa shape index (κ3) is 3.13. The van der Waals surface area contributed by atoms with E-state index in [1.54, 1.807) is 11.3 Å². The van der Waals surface area contributed by atoms with E-state index >= 15 is 0 Å². The van der Waals surface area contributed by atoms with Crippen molar-refractivity contribution < 1.29 is 17.9 Å². The first kappa shape index (κ1) is 17.5. The molecule has 1 aromatic rings. The van der Waals surface area contributed by atoms with E-state index < -0.39 is 15.6 Å². The summed E-state index contributed by atoms with van der Waals surface area (Å²) in [4.78, 5) is 16.6. The number of rotatable bonds is 2. The van der Waals surface area contributed by atoms with Crippen molar-refractivity contribution in [2.75, 3.05) is 39.0 Å². The lowest BCUT2D eigenvalue weighted by molar-refractivity contribution is -0.0861. The third-order valence-corrected chi connectivity index (χ3v) is 8.23. The Bertz CT molecular complexity index is 773. The zero-order valence-electron chi connectivity index (χ0n) is 14.5. The summed E-state index contributed by atoms with van der Waals surface area (Å²) in [5.74, 6) is 0.139. The molecule has 4 heterocycles. The van der Waals surface area contributed by atoms with Crippen LogP contribution in [0.15, 0.2) is 6.07 Å². The number of fused-ring (bicyclic) bond motifs is 2. The van der Waals surface area contributed by atoms with Gasteiger partial charge < -0.3 is 9.64 Å². The molecule has 1 aromatic heterocycles. The molecule has 0 aromatic carbocycles. The summed E-state index contributed by atoms with van der Waals surface area (Å²) in [6, 6.07) is 2.05. The second kappa shape index (κ2) is 6.33. The normalized spacial score (nSPS) is 23.8. The number of thiophene rings is 1. The van der Waals surface area contributed by atoms with E-state index in [-0.39, 0.29) is 5.91 Å². The quantitative estimate of drug-likeness (QED) is 0.780. The fourth-order valence-electron chi connectivity index (χ4n) is 4.15. The van der Waals surface area contributed by atoms with Crippen LogP contribution in [0.3, 0.4) is 0 Å². The number of likely N-dealkylation sites (tertiary alicyclic amines) is 1. The Kier molecular flexibility index (Phi) is 4.42. The van der Waals surface area contributed by atoms with Gasteiger partial charge in [-0.25, -0.2) is 12.7 Å². The van der Waals surface area contributed by atoms with Gasteiger partial charge in [-0.05, 0) is 43.7 Å². The molecule has 4 rings (SSSR count). The van der Waals surface area contributed by atoms with Crippen molar-refractivity contribution in [2.45, 2.75) is 37.7 Å². The average Bonchev–Trinajstić information content (AvgIpc) is 3.24. The van der Waals surface area contributed by atoms with E-state index in [4.69, 9.17) is 4.74 Å². The molecule has 6 nitrogen and oxygen atoms in total. The second-order valence-electron chi connectivity index (χ2n) is 7.22. The van der Waals surface area contributed by atoms with Crippen LogP contribution in [-0.4, -0.2) is 62.6 Å². The maximum Gasteiger partial charge on any atom is 0.263 e. The van der Waals surface area contributed by atoms with Gasteiger partial charge in [0.15, 0.2) is 0 Å². The second-order valence-corrected chi connectivity index (χ2v) is 10.3. The number of carbonyl (C=O) groups is 1. The molecule has 0 bridgehead atoms. The number of nitrogens with zero attached hydrogens (tertiary/aromatic N) is 2. The van der Waals surface area contributed by atoms with Gasteiger partial charge in [0.2, 0.25) is 10.0 Å². The van der Waals surface area contributed by atoms with Crippen molar-refractivity contribution in [3.8, 4) is 0 Å². The largest absolute Gasteiger partial charge is 0.369 e. The first-order chi connectivity index (χ1) is 11.9. The van der Waals surface area contributed by atoms with Crippen LogP contribution in [0.2, 0.25) is 0 Å². The van der Waals surface area contributed by atoms with Crippen LogP contribution < -0.4 is 0 Å². The Morgan fingerprint density at radius 2 is 1.88 bits per heavy atom. The lowest BCUT2D eigenvalue weighted by Gasteiger charge is -2.42. The minimum atomic E-state index is -3.16. The molecule has 3 aliphatic rings. The monoisotopic (exact) mass is 384 g/mol. The summed E-state index contributed by atoms with van der Waals surface area (Å²) in [6.45, 7) is 3.30. The number of carbonyl (C=O) groups excluding carboxylic acids is 1. The molecule has 1 amide bonds. The van der Waals surface area contributed by atoms with Crippen LogP contribution in [0.5, 0.6) is 0 Å². The fraction of sp³-hybridized carbons (Fsp3) is 0.706. The standard InChI is InChI=1S/C17H24N2O4S2/c1-25(21,22)19-9-5-17(6-10-19)15-13(4-11-23-17)12-14(24-15)16(20)18-7-2-3-8-18/h12H,2-11H2,1H3. The molecule has 0 atom stereocenters. The van der Waals surface area contributed by atoms with Crippen molar-refractivity contribution in [3.63, 3.8) is 0 Å². The van der Waals surface area contributed by atoms with Gasteiger partial charge in [0, 0.05) is 31.1 Å². The summed E-state index contributed by atoms with van der Waals surface area (Å²) >= 11 is 1.56. The molecule has 2 fully saturated rings. The molecule has 25 heavy (non-hydrogen) atoms. The highest BCUT2D eigenvalue weighted by Gasteiger charge is 2.44. The zero-order chi connectivity index (χ0) is 17.7. The van der Waals surface area contributed by atoms with Gasteiger partial charge in [0.05, 0.1) is 17.7 Å². The number of hydrogen-bond donors (Lipinski definition) is 0. The van der Waals surface area contributed by atoms with Crippen molar-refractivity contribution >= 4 is 27.3 Å². The molecule has 0 N–H and O–H groups in total. The highest BCUT2D eigenvalue weighted by molar-refractivity contribution is 7.88. The predicted molar refractivity (Wildman–Crippen MR) is 96.4 cm³/mol. The Morgan fingerprint density at radius 3 is 2.52 bits per heavy atom. The third-order valence-electron chi connectivity index (χ3n) is 5.58. The topological polar surface area (TPSA) is 66.9 Å². The molecule has 0 unspecified atom stereocenters. The molecule has 2 saturated heterocycles. The highest BCUT2D eigenvalue weighted by atomic mass is 32.2. The first-order valence-electron chi connectivity index (χ1n) is 8.91. The lowest BCUT2D eigenvalue weighted by Crippen LogP contribution is -2.47. The zero-order valence-corrected chi connectivity index (χ0v) is 16.1. The van der Waals surface area contributed by atoms with E-state index in [1.165, 1.54) is 16.1 Å². The van der Waals surface area contributed by atoms with Crippen molar-refractivity contribution in [3.05, 3.63) is 21.4 Å². The molecule has 138 valence electrons. The smallest absolute Gasteiger partial charge is 0.263 e. The molecule has 8 heteroatoms. The molecular formula is C17H24N2O4S2. The predicted octanol–water partition coefficient (Wildman–Crippen LogP) is 1.81. The number of piperidine rings is 1. The summed E-state index contributed by atoms with van der Waals surface area (Å²) in [5, 5.41) is 0. The van der Waals surface area contributed by atoms with Gasteiger partial charge in [0.1, 0.15) is 5.60 Å². The summed E-state index contributed by atoms with van der Waals surface area (Å²) < 4.78 is 31.3. The molecule has 3 aliphatic heterocycles. The van der Waals surface area contributed by atoms with Crippen molar-refractivity contribution in [1.82, 2.24) is 9.21 Å². The molecule has 0 saturated carbocycles. The van der Waals surface area contributed by atoms with Crippen LogP contribution in [0.4, 0.5) is 0 Å². The van der Waals surface area contributed by atoms with Gasteiger partial charge >= 0.3 is 0 Å². The van der Waals surface area contributed by atoms with Gasteiger partial charge in [0.25, 0.3) is 5.91 Å². The number of amides is 1. The van der Waals surface area contributed by atoms with E-state index in [0.29, 0.717) is 32.5 Å². The van der Waals surface area contributed by atoms with Crippen LogP contribution >= 0.6 is 11.3 Å². The number of ether oxygens (including phenoxy) is 1. The van der Waals surface area contributed by atoms with E-state index in [2.05, 4.69) is 0 Å². The Morgan fingerprint density at radius 1 is 1.20 bits per heavy atom. The van der Waals surface area contributed by atoms with Crippen LogP contribution in [-0.2, 0) is 26.8 Å². The molecular weight excluding hydrogens is 360 g/mol. The number of hydrogen-bond acceptors (Lipinski definition) is 5. The molecule has 1 spiro atoms. The average molecular weight is 385 g/mol. The maximum atomic E-state index is 12.7. The first-order valence-corrected chi connectivity index (χ1v) is 11.6. The van der Waals surface area contributed by atoms with Crippen LogP contribution in [0.25, 0.3) is 0 Å². The van der Waals surface area contributed by atoms with Gasteiger partial charge in [-0.2, -0.15) is 0 Å². The minimum absolute atomic E-state index is 0.139. The maximum absolute atomic E-state index is 12.7. The Balaban J connectivity index is 1.59. The number of sulfonamides is 1. The summed E-state index contributed by atoms with van der Waals surface area (Å²) in [7, 11) is -3.16. The van der Waals surface area contributed by atoms with E-state index in [1.807, 2.05) is 11.0 Å². The van der Waals surface area contributed by atoms with Gasteiger partial charge in [-0.15, -0.1) is 11.3 Å². The summed E-state index contributed by atoms with van der Waals surface area (Å²) in [6.07, 6.45) is 5.58. The fourth-order valence-corrected chi connectivity index (χ4v) is 6.38. The van der Waals surface area contributed by atoms with Gasteiger partial charge in [-0.3, -0.25) is 4.79 Å². The molecule has 0 aliphatic carbocycles. The highest BCUT2D eigenvalue weighted by Crippen LogP contribution is 2.46. The van der Waals surface area contributed by atoms with Gasteiger partial charge in [-0.1, -0.05) is 0 Å². The minimum Gasteiger partial charge on any atom is -0.369 e. The van der Waals surface area contributed by atoms with Crippen molar-refractivity contribution in [2.24, 2.45) is 0 Å². The molecule has 0 radical (unpaired) electrons. The van der Waals surface area contributed by atoms with Crippen LogP contribution in [0, 0.1) is 0 Å². The SMILES string of the molecule is CS(=O)(=O)N1CCC2(CC1)OCCc1cc(C(=O)N3CCCC3)sc12. The lowest BCUT2D eigenvalue weighted by atomic mass is 9.86.